The Bertz CT molecular complexity index is 1700. The average Bonchev–Trinajstić information content (AvgIpc) is 3.50. The Kier molecular flexibility index (Phi) is 7.67. The lowest BCUT2D eigenvalue weighted by molar-refractivity contribution is -0.131. The van der Waals surface area contributed by atoms with Gasteiger partial charge in [0.15, 0.2) is 5.82 Å². The van der Waals surface area contributed by atoms with E-state index in [0.717, 1.165) is 33.8 Å². The fourth-order valence-electron chi connectivity index (χ4n) is 4.01. The molecule has 2 heterocycles. The number of methoxy groups -OCH3 is 1. The van der Waals surface area contributed by atoms with E-state index in [1.54, 1.807) is 43.5 Å². The van der Waals surface area contributed by atoms with E-state index in [1.807, 2.05) is 41.1 Å². The highest BCUT2D eigenvalue weighted by Crippen LogP contribution is 2.34. The van der Waals surface area contributed by atoms with Gasteiger partial charge in [0.05, 0.1) is 12.7 Å². The number of nitrogens with zero attached hydrogens (tertiary/aromatic N) is 3. The van der Waals surface area contributed by atoms with Crippen molar-refractivity contribution in [3.63, 3.8) is 0 Å². The second-order valence-electron chi connectivity index (χ2n) is 8.19. The quantitative estimate of drug-likeness (QED) is 0.143. The highest BCUT2D eigenvalue weighted by molar-refractivity contribution is 8.04. The molecule has 0 saturated carbocycles. The summed E-state index contributed by atoms with van der Waals surface area (Å²) in [6.07, 6.45) is 3.52. The van der Waals surface area contributed by atoms with Gasteiger partial charge in [0.1, 0.15) is 10.7 Å². The zero-order chi connectivity index (χ0) is 26.8. The van der Waals surface area contributed by atoms with Gasteiger partial charge in [-0.3, -0.25) is 5.10 Å². The molecule has 0 unspecified atom stereocenters. The summed E-state index contributed by atoms with van der Waals surface area (Å²) in [5, 5.41) is 19.8. The van der Waals surface area contributed by atoms with Gasteiger partial charge in [-0.15, -0.1) is 5.10 Å². The number of hydrogen-bond acceptors (Lipinski definition) is 5. The largest absolute Gasteiger partial charge is 0.496 e. The van der Waals surface area contributed by atoms with Crippen molar-refractivity contribution >= 4 is 69.5 Å². The maximum Gasteiger partial charge on any atom is 0.342 e. The number of carbonyl (C=O) groups is 1. The predicted molar refractivity (Wildman–Crippen MR) is 152 cm³/mol. The number of aromatic nitrogens is 4. The number of nitrogens with one attached hydrogen (secondary N) is 1. The summed E-state index contributed by atoms with van der Waals surface area (Å²) in [7, 11) is 1.54. The van der Waals surface area contributed by atoms with E-state index in [9.17, 15) is 9.90 Å². The molecule has 0 bridgehead atoms. The molecular formula is C27H19Cl3N4O3S. The molecule has 0 amide bonds. The highest BCUT2D eigenvalue weighted by Gasteiger charge is 2.18. The van der Waals surface area contributed by atoms with E-state index >= 15 is 0 Å². The standard InChI is InChI=1S/C27H19Cl3N4O3S/c1-37-23-9-8-17(28)11-20(23)25-31-27(33-32-25)38-24(26(35)36)10-16-14-34(22-5-3-2-4-19(16)22)13-15-6-7-18(29)12-21(15)30/h2-12,14H,13H2,1H3,(H,35,36)(H,31,32,33)/b24-10-. The van der Waals surface area contributed by atoms with Gasteiger partial charge in [0, 0.05) is 44.3 Å². The molecule has 192 valence electrons. The molecule has 0 spiro atoms. The first kappa shape index (κ1) is 26.2. The molecule has 0 aliphatic carbocycles. The number of halogens is 3. The molecule has 5 aromatic rings. The number of fused-ring (bicyclic) bond motifs is 1. The maximum absolute atomic E-state index is 12.2. The number of thioether (sulfide) groups is 1. The van der Waals surface area contributed by atoms with Crippen LogP contribution in [0.4, 0.5) is 0 Å². The van der Waals surface area contributed by atoms with E-state index in [-0.39, 0.29) is 10.1 Å². The number of hydrogen-bond donors (Lipinski definition) is 2. The summed E-state index contributed by atoms with van der Waals surface area (Å²) in [5.74, 6) is -0.128. The molecule has 0 atom stereocenters. The molecule has 0 fully saturated rings. The smallest absolute Gasteiger partial charge is 0.342 e. The molecule has 3 aromatic carbocycles. The van der Waals surface area contributed by atoms with Crippen LogP contribution in [-0.2, 0) is 11.3 Å². The summed E-state index contributed by atoms with van der Waals surface area (Å²) < 4.78 is 7.41. The fraction of sp³-hybridized carbons (Fsp3) is 0.0741. The van der Waals surface area contributed by atoms with Crippen LogP contribution in [0, 0.1) is 0 Å². The highest BCUT2D eigenvalue weighted by atomic mass is 35.5. The molecule has 0 radical (unpaired) electrons. The Morgan fingerprint density at radius 3 is 2.63 bits per heavy atom. The van der Waals surface area contributed by atoms with Crippen LogP contribution in [-0.4, -0.2) is 37.9 Å². The zero-order valence-corrected chi connectivity index (χ0v) is 22.9. The number of carboxylic acid groups (broad SMARTS) is 1. The minimum absolute atomic E-state index is 0.0565. The van der Waals surface area contributed by atoms with Crippen LogP contribution in [0.5, 0.6) is 5.75 Å². The molecule has 38 heavy (non-hydrogen) atoms. The van der Waals surface area contributed by atoms with E-state index in [2.05, 4.69) is 15.2 Å². The van der Waals surface area contributed by atoms with Crippen LogP contribution >= 0.6 is 46.6 Å². The number of benzene rings is 3. The molecule has 2 aromatic heterocycles. The van der Waals surface area contributed by atoms with Gasteiger partial charge in [0.25, 0.3) is 0 Å². The lowest BCUT2D eigenvalue weighted by Crippen LogP contribution is -1.99. The number of rotatable bonds is 8. The van der Waals surface area contributed by atoms with Crippen molar-refractivity contribution in [2.75, 3.05) is 7.11 Å². The van der Waals surface area contributed by atoms with Crippen molar-refractivity contribution in [2.45, 2.75) is 11.7 Å². The second-order valence-corrected chi connectivity index (χ2v) is 10.5. The molecule has 11 heteroatoms. The monoisotopic (exact) mass is 584 g/mol. The van der Waals surface area contributed by atoms with Gasteiger partial charge in [-0.25, -0.2) is 9.78 Å². The van der Waals surface area contributed by atoms with Crippen molar-refractivity contribution in [3.8, 4) is 17.1 Å². The van der Waals surface area contributed by atoms with E-state index < -0.39 is 5.97 Å². The topological polar surface area (TPSA) is 93.0 Å². The normalized spacial score (nSPS) is 11.7. The Hall–Kier alpha value is -3.43. The summed E-state index contributed by atoms with van der Waals surface area (Å²) in [5.41, 5.74) is 3.18. The summed E-state index contributed by atoms with van der Waals surface area (Å²) in [4.78, 5) is 16.7. The summed E-state index contributed by atoms with van der Waals surface area (Å²) in [6.45, 7) is 0.492. The Morgan fingerprint density at radius 1 is 1.11 bits per heavy atom. The van der Waals surface area contributed by atoms with Crippen molar-refractivity contribution in [2.24, 2.45) is 0 Å². The SMILES string of the molecule is COc1ccc(Cl)cc1-c1nc(S/C(=C\c2cn(Cc3ccc(Cl)cc3Cl)c3ccccc23)C(=O)O)n[nH]1. The lowest BCUT2D eigenvalue weighted by atomic mass is 10.1. The molecule has 2 N–H and O–H groups in total. The first-order valence-electron chi connectivity index (χ1n) is 11.2. The van der Waals surface area contributed by atoms with Gasteiger partial charge in [-0.1, -0.05) is 59.1 Å². The molecular weight excluding hydrogens is 567 g/mol. The van der Waals surface area contributed by atoms with Gasteiger partial charge >= 0.3 is 5.97 Å². The fourth-order valence-corrected chi connectivity index (χ4v) is 5.35. The predicted octanol–water partition coefficient (Wildman–Crippen LogP) is 7.66. The van der Waals surface area contributed by atoms with Crippen LogP contribution in [0.15, 0.2) is 76.9 Å². The first-order chi connectivity index (χ1) is 18.3. The lowest BCUT2D eigenvalue weighted by Gasteiger charge is -2.08. The minimum Gasteiger partial charge on any atom is -0.496 e. The van der Waals surface area contributed by atoms with Crippen LogP contribution < -0.4 is 4.74 Å². The van der Waals surface area contributed by atoms with Crippen molar-refractivity contribution in [1.82, 2.24) is 19.7 Å². The first-order valence-corrected chi connectivity index (χ1v) is 13.2. The second kappa shape index (κ2) is 11.1. The van der Waals surface area contributed by atoms with Gasteiger partial charge in [-0.05, 0) is 59.8 Å². The third-order valence-corrected chi connectivity index (χ3v) is 7.45. The molecule has 0 aliphatic heterocycles. The van der Waals surface area contributed by atoms with Gasteiger partial charge < -0.3 is 14.4 Å². The summed E-state index contributed by atoms with van der Waals surface area (Å²) >= 11 is 19.5. The van der Waals surface area contributed by atoms with E-state index in [1.165, 1.54) is 0 Å². The van der Waals surface area contributed by atoms with Crippen molar-refractivity contribution < 1.29 is 14.6 Å². The minimum atomic E-state index is -1.10. The zero-order valence-electron chi connectivity index (χ0n) is 19.8. The number of para-hydroxylation sites is 1. The van der Waals surface area contributed by atoms with Crippen LogP contribution in [0.2, 0.25) is 15.1 Å². The van der Waals surface area contributed by atoms with Gasteiger partial charge in [-0.2, -0.15) is 0 Å². The Balaban J connectivity index is 1.48. The maximum atomic E-state index is 12.2. The van der Waals surface area contributed by atoms with Crippen molar-refractivity contribution in [3.05, 3.63) is 98.0 Å². The molecule has 0 aliphatic rings. The third-order valence-electron chi connectivity index (χ3n) is 5.76. The number of aromatic amines is 1. The number of H-pyrrole nitrogens is 1. The van der Waals surface area contributed by atoms with Gasteiger partial charge in [0.2, 0.25) is 5.16 Å². The van der Waals surface area contributed by atoms with Crippen LogP contribution in [0.1, 0.15) is 11.1 Å². The molecule has 0 saturated heterocycles. The Labute approximate surface area is 237 Å². The van der Waals surface area contributed by atoms with E-state index in [4.69, 9.17) is 39.5 Å². The Morgan fingerprint density at radius 2 is 1.87 bits per heavy atom. The molecule has 5 rings (SSSR count). The third kappa shape index (κ3) is 5.54. The molecule has 7 nitrogen and oxygen atoms in total. The number of ether oxygens (including phenoxy) is 1. The van der Waals surface area contributed by atoms with E-state index in [0.29, 0.717) is 38.8 Å². The number of carboxylic acids is 1. The summed E-state index contributed by atoms with van der Waals surface area (Å²) in [6, 6.07) is 18.3. The average molecular weight is 586 g/mol. The van der Waals surface area contributed by atoms with Crippen LogP contribution in [0.3, 0.4) is 0 Å². The van der Waals surface area contributed by atoms with Crippen LogP contribution in [0.25, 0.3) is 28.4 Å². The van der Waals surface area contributed by atoms with Crippen molar-refractivity contribution in [1.29, 1.82) is 0 Å². The number of aliphatic carboxylic acids is 1.